The van der Waals surface area contributed by atoms with E-state index < -0.39 is 34.1 Å². The van der Waals surface area contributed by atoms with Crippen LogP contribution in [0.25, 0.3) is 12.4 Å². The lowest BCUT2D eigenvalue weighted by Gasteiger charge is -2.01. The van der Waals surface area contributed by atoms with E-state index in [0.29, 0.717) is 0 Å². The standard InChI is InChI=1S/C14H18N8O7S/c1-28-11(23)3-5-19-13(25)21(17-15-19)7-9-30(27)10-8-22-14(26)20(16-18-22)6-4-12(24)29-2/h3-6H,7-10H2,1-2H3/b5-3+,6-4+. The zero-order chi connectivity index (χ0) is 22.1. The molecule has 0 unspecified atom stereocenters. The van der Waals surface area contributed by atoms with Gasteiger partial charge in [0.2, 0.25) is 0 Å². The molecule has 0 aliphatic heterocycles. The topological polar surface area (TPSA) is 175 Å². The summed E-state index contributed by atoms with van der Waals surface area (Å²) in [5, 5.41) is 14.4. The van der Waals surface area contributed by atoms with Crippen molar-refractivity contribution in [1.29, 1.82) is 0 Å². The van der Waals surface area contributed by atoms with Crippen LogP contribution < -0.4 is 11.4 Å². The van der Waals surface area contributed by atoms with Gasteiger partial charge in [-0.15, -0.1) is 0 Å². The minimum absolute atomic E-state index is 0.0148. The molecular weight excluding hydrogens is 424 g/mol. The van der Waals surface area contributed by atoms with Crippen molar-refractivity contribution in [2.45, 2.75) is 13.1 Å². The Morgan fingerprint density at radius 2 is 1.23 bits per heavy atom. The third-order valence-electron chi connectivity index (χ3n) is 3.49. The molecule has 0 saturated heterocycles. The molecule has 0 saturated carbocycles. The average Bonchev–Trinajstić information content (AvgIpc) is 3.28. The average molecular weight is 442 g/mol. The lowest BCUT2D eigenvalue weighted by Crippen LogP contribution is -2.27. The summed E-state index contributed by atoms with van der Waals surface area (Å²) in [4.78, 5) is 46.1. The fourth-order valence-electron chi connectivity index (χ4n) is 1.92. The number of aromatic nitrogens is 8. The number of hydrogen-bond acceptors (Lipinski definition) is 11. The number of carbonyl (C=O) groups excluding carboxylic acids is 2. The number of hydrogen-bond donors (Lipinski definition) is 0. The van der Waals surface area contributed by atoms with Crippen molar-refractivity contribution in [1.82, 2.24) is 39.6 Å². The lowest BCUT2D eigenvalue weighted by molar-refractivity contribution is -0.135. The second-order valence-corrected chi connectivity index (χ2v) is 7.08. The summed E-state index contributed by atoms with van der Waals surface area (Å²) in [5.41, 5.74) is -1.24. The molecule has 0 aromatic carbocycles. The molecular formula is C14H18N8O7S. The number of carbonyl (C=O) groups is 2. The fraction of sp³-hybridized carbons (Fsp3) is 0.429. The van der Waals surface area contributed by atoms with Gasteiger partial charge in [-0.3, -0.25) is 4.21 Å². The van der Waals surface area contributed by atoms with Crippen molar-refractivity contribution in [3.05, 3.63) is 33.1 Å². The van der Waals surface area contributed by atoms with Crippen LogP contribution in [0.2, 0.25) is 0 Å². The highest BCUT2D eigenvalue weighted by molar-refractivity contribution is 7.84. The number of aryl methyl sites for hydroxylation is 2. The van der Waals surface area contributed by atoms with E-state index in [1.165, 1.54) is 14.2 Å². The molecule has 0 atom stereocenters. The zero-order valence-corrected chi connectivity index (χ0v) is 16.8. The second-order valence-electron chi connectivity index (χ2n) is 5.38. The first-order valence-electron chi connectivity index (χ1n) is 8.27. The number of esters is 2. The highest BCUT2D eigenvalue weighted by atomic mass is 32.2. The van der Waals surface area contributed by atoms with Crippen LogP contribution in [0.15, 0.2) is 21.7 Å². The predicted octanol–water partition coefficient (Wildman–Crippen LogP) is -3.07. The minimum Gasteiger partial charge on any atom is -0.466 e. The molecule has 0 amide bonds. The third kappa shape index (κ3) is 6.16. The SMILES string of the molecule is COC(=O)/C=C/n1nnn(CCS(=O)CCn2nnn(/C=C/C(=O)OC)c2=O)c1=O. The van der Waals surface area contributed by atoms with Crippen molar-refractivity contribution in [2.24, 2.45) is 0 Å². The van der Waals surface area contributed by atoms with Gasteiger partial charge in [0.15, 0.2) is 0 Å². The van der Waals surface area contributed by atoms with E-state index >= 15 is 0 Å². The Kier molecular flexibility index (Phi) is 8.09. The first kappa shape index (κ1) is 22.6. The molecule has 2 heterocycles. The van der Waals surface area contributed by atoms with Gasteiger partial charge in [-0.2, -0.15) is 18.7 Å². The van der Waals surface area contributed by atoms with Crippen LogP contribution in [0.1, 0.15) is 0 Å². The van der Waals surface area contributed by atoms with Crippen molar-refractivity contribution in [3.8, 4) is 0 Å². The molecule has 0 bridgehead atoms. The van der Waals surface area contributed by atoms with Crippen molar-refractivity contribution in [3.63, 3.8) is 0 Å². The van der Waals surface area contributed by atoms with Crippen LogP contribution in [-0.2, 0) is 43.0 Å². The summed E-state index contributed by atoms with van der Waals surface area (Å²) in [7, 11) is 0.978. The molecule has 0 fully saturated rings. The maximum atomic E-state index is 12.2. The number of methoxy groups -OCH3 is 2. The number of tetrazole rings is 2. The Morgan fingerprint density at radius 3 is 1.60 bits per heavy atom. The van der Waals surface area contributed by atoms with Crippen LogP contribution in [-0.4, -0.2) is 81.5 Å². The Hall–Kier alpha value is -3.69. The molecule has 0 N–H and O–H groups in total. The van der Waals surface area contributed by atoms with E-state index in [0.717, 1.165) is 43.3 Å². The lowest BCUT2D eigenvalue weighted by atomic mass is 10.6. The molecule has 2 aromatic heterocycles. The Bertz CT molecular complexity index is 1010. The molecule has 16 heteroatoms. The monoisotopic (exact) mass is 442 g/mol. The summed E-state index contributed by atoms with van der Waals surface area (Å²) >= 11 is 0. The van der Waals surface area contributed by atoms with Gasteiger partial charge in [0.1, 0.15) is 0 Å². The van der Waals surface area contributed by atoms with E-state index in [9.17, 15) is 23.4 Å². The molecule has 0 aliphatic carbocycles. The van der Waals surface area contributed by atoms with Gasteiger partial charge in [0.05, 0.1) is 27.3 Å². The molecule has 30 heavy (non-hydrogen) atoms. The predicted molar refractivity (Wildman–Crippen MR) is 101 cm³/mol. The first-order chi connectivity index (χ1) is 14.3. The van der Waals surface area contributed by atoms with Gasteiger partial charge < -0.3 is 9.47 Å². The van der Waals surface area contributed by atoms with Crippen LogP contribution in [0.3, 0.4) is 0 Å². The van der Waals surface area contributed by atoms with Crippen LogP contribution in [0.5, 0.6) is 0 Å². The van der Waals surface area contributed by atoms with Gasteiger partial charge >= 0.3 is 23.3 Å². The fourth-order valence-corrected chi connectivity index (χ4v) is 2.88. The smallest absolute Gasteiger partial charge is 0.367 e. The number of ether oxygens (including phenoxy) is 2. The van der Waals surface area contributed by atoms with Gasteiger partial charge in [-0.25, -0.2) is 19.2 Å². The highest BCUT2D eigenvalue weighted by Crippen LogP contribution is 1.89. The number of nitrogens with zero attached hydrogens (tertiary/aromatic N) is 8. The summed E-state index contributed by atoms with van der Waals surface area (Å²) < 4.78 is 24.6. The highest BCUT2D eigenvalue weighted by Gasteiger charge is 2.10. The normalized spacial score (nSPS) is 11.6. The molecule has 0 spiro atoms. The second kappa shape index (κ2) is 10.7. The van der Waals surface area contributed by atoms with Crippen molar-refractivity contribution >= 4 is 35.1 Å². The van der Waals surface area contributed by atoms with Crippen LogP contribution >= 0.6 is 0 Å². The van der Waals surface area contributed by atoms with Crippen LogP contribution in [0.4, 0.5) is 0 Å². The van der Waals surface area contributed by atoms with Gasteiger partial charge in [0, 0.05) is 46.9 Å². The molecule has 162 valence electrons. The zero-order valence-electron chi connectivity index (χ0n) is 16.0. The Morgan fingerprint density at radius 1 is 0.833 bits per heavy atom. The minimum atomic E-state index is -1.40. The van der Waals surface area contributed by atoms with Gasteiger partial charge in [-0.05, 0) is 20.9 Å². The van der Waals surface area contributed by atoms with Crippen molar-refractivity contribution < 1.29 is 23.3 Å². The van der Waals surface area contributed by atoms with E-state index in [1.807, 2.05) is 0 Å². The van der Waals surface area contributed by atoms with E-state index in [2.05, 4.69) is 30.3 Å². The first-order valence-corrected chi connectivity index (χ1v) is 9.76. The van der Waals surface area contributed by atoms with E-state index in [1.54, 1.807) is 0 Å². The molecule has 0 aliphatic rings. The third-order valence-corrected chi connectivity index (χ3v) is 4.77. The summed E-state index contributed by atoms with van der Waals surface area (Å²) in [5.74, 6) is -1.18. The Labute approximate surface area is 170 Å². The van der Waals surface area contributed by atoms with Gasteiger partial charge in [-0.1, -0.05) is 0 Å². The molecule has 0 radical (unpaired) electrons. The summed E-state index contributed by atoms with van der Waals surface area (Å²) in [6.45, 7) is 0.0297. The maximum Gasteiger partial charge on any atom is 0.367 e. The quantitative estimate of drug-likeness (QED) is 0.269. The Balaban J connectivity index is 1.88. The maximum absolute atomic E-state index is 12.2. The van der Waals surface area contributed by atoms with Crippen LogP contribution in [0, 0.1) is 0 Å². The summed E-state index contributed by atoms with van der Waals surface area (Å²) in [6.07, 6.45) is 4.20. The van der Waals surface area contributed by atoms with Gasteiger partial charge in [0.25, 0.3) is 0 Å². The van der Waals surface area contributed by atoms with Crippen molar-refractivity contribution in [2.75, 3.05) is 25.7 Å². The summed E-state index contributed by atoms with van der Waals surface area (Å²) in [6, 6.07) is 0. The molecule has 15 nitrogen and oxygen atoms in total. The molecule has 2 aromatic rings. The largest absolute Gasteiger partial charge is 0.466 e. The molecule has 2 rings (SSSR count). The van der Waals surface area contributed by atoms with E-state index in [-0.39, 0.29) is 24.6 Å². The number of rotatable bonds is 10. The van der Waals surface area contributed by atoms with E-state index in [4.69, 9.17) is 0 Å².